The van der Waals surface area contributed by atoms with Gasteiger partial charge < -0.3 is 21.3 Å². The number of carbonyl (C=O) groups excluding carboxylic acids is 2. The van der Waals surface area contributed by atoms with Crippen LogP contribution < -0.4 is 16.4 Å². The van der Waals surface area contributed by atoms with Crippen LogP contribution in [0.1, 0.15) is 22.6 Å². The van der Waals surface area contributed by atoms with Gasteiger partial charge in [-0.2, -0.15) is 13.2 Å². The molecular formula is C27H27F3N4O2. The van der Waals surface area contributed by atoms with Gasteiger partial charge in [0.05, 0.1) is 22.9 Å². The SMILES string of the molecule is CN(C)CC(C(=O)Nc1ccc(C(F)(F)F)cc1)c1ccc(/C=C/C(=O)Nc2ccccc2N)cc1. The molecule has 36 heavy (non-hydrogen) atoms. The first-order valence-corrected chi connectivity index (χ1v) is 11.1. The van der Waals surface area contributed by atoms with Crippen molar-refractivity contribution in [2.45, 2.75) is 12.1 Å². The number of anilines is 3. The number of carbonyl (C=O) groups is 2. The van der Waals surface area contributed by atoms with E-state index in [-0.39, 0.29) is 17.5 Å². The lowest BCUT2D eigenvalue weighted by Gasteiger charge is -2.21. The number of nitrogens with zero attached hydrogens (tertiary/aromatic N) is 1. The normalized spacial score (nSPS) is 12.5. The molecule has 0 aliphatic heterocycles. The summed E-state index contributed by atoms with van der Waals surface area (Å²) < 4.78 is 38.4. The lowest BCUT2D eigenvalue weighted by molar-refractivity contribution is -0.137. The standard InChI is InChI=1S/C27H27F3N4O2/c1-34(2)17-22(26(36)32-21-14-12-20(13-15-21)27(28,29)30)19-10-7-18(8-11-19)9-16-25(35)33-24-6-4-3-5-23(24)31/h3-16,22H,17,31H2,1-2H3,(H,32,36)(H,33,35)/b16-9+. The Kier molecular flexibility index (Phi) is 8.50. The Balaban J connectivity index is 1.69. The highest BCUT2D eigenvalue weighted by Crippen LogP contribution is 2.30. The third kappa shape index (κ3) is 7.44. The number of nitrogen functional groups attached to an aromatic ring is 1. The lowest BCUT2D eigenvalue weighted by Crippen LogP contribution is -2.30. The lowest BCUT2D eigenvalue weighted by atomic mass is 9.96. The molecule has 0 aromatic heterocycles. The minimum atomic E-state index is -4.44. The van der Waals surface area contributed by atoms with Gasteiger partial charge in [-0.1, -0.05) is 36.4 Å². The van der Waals surface area contributed by atoms with E-state index in [9.17, 15) is 22.8 Å². The van der Waals surface area contributed by atoms with Crippen LogP contribution in [0, 0.1) is 0 Å². The zero-order valence-electron chi connectivity index (χ0n) is 19.8. The minimum Gasteiger partial charge on any atom is -0.397 e. The Morgan fingerprint density at radius 2 is 1.58 bits per heavy atom. The molecule has 4 N–H and O–H groups in total. The third-order valence-electron chi connectivity index (χ3n) is 5.33. The van der Waals surface area contributed by atoms with Gasteiger partial charge in [-0.05, 0) is 67.7 Å². The van der Waals surface area contributed by atoms with Crippen molar-refractivity contribution < 1.29 is 22.8 Å². The van der Waals surface area contributed by atoms with Crippen LogP contribution >= 0.6 is 0 Å². The second-order valence-corrected chi connectivity index (χ2v) is 8.46. The van der Waals surface area contributed by atoms with Gasteiger partial charge in [0.25, 0.3) is 0 Å². The Morgan fingerprint density at radius 3 is 2.17 bits per heavy atom. The number of rotatable bonds is 8. The van der Waals surface area contributed by atoms with E-state index in [2.05, 4.69) is 10.6 Å². The molecule has 0 heterocycles. The summed E-state index contributed by atoms with van der Waals surface area (Å²) in [6, 6.07) is 18.4. The van der Waals surface area contributed by atoms with Crippen LogP contribution in [0.5, 0.6) is 0 Å². The molecule has 2 amide bonds. The molecule has 0 fully saturated rings. The van der Waals surface area contributed by atoms with E-state index in [1.54, 1.807) is 54.6 Å². The molecule has 3 rings (SSSR count). The second-order valence-electron chi connectivity index (χ2n) is 8.46. The molecule has 3 aromatic carbocycles. The van der Waals surface area contributed by atoms with Crippen molar-refractivity contribution in [1.29, 1.82) is 0 Å². The van der Waals surface area contributed by atoms with E-state index in [1.807, 2.05) is 19.0 Å². The quantitative estimate of drug-likeness (QED) is 0.295. The van der Waals surface area contributed by atoms with Crippen molar-refractivity contribution in [2.24, 2.45) is 0 Å². The van der Waals surface area contributed by atoms with E-state index in [4.69, 9.17) is 5.73 Å². The van der Waals surface area contributed by atoms with Crippen molar-refractivity contribution in [3.05, 3.63) is 95.6 Å². The molecule has 0 aliphatic rings. The molecule has 0 saturated heterocycles. The van der Waals surface area contributed by atoms with E-state index in [0.29, 0.717) is 17.9 Å². The molecular weight excluding hydrogens is 469 g/mol. The van der Waals surface area contributed by atoms with Crippen molar-refractivity contribution in [3.8, 4) is 0 Å². The monoisotopic (exact) mass is 496 g/mol. The highest BCUT2D eigenvalue weighted by atomic mass is 19.4. The first-order chi connectivity index (χ1) is 17.0. The zero-order valence-corrected chi connectivity index (χ0v) is 19.8. The number of amides is 2. The topological polar surface area (TPSA) is 87.5 Å². The smallest absolute Gasteiger partial charge is 0.397 e. The predicted molar refractivity (Wildman–Crippen MR) is 136 cm³/mol. The first-order valence-electron chi connectivity index (χ1n) is 11.1. The minimum absolute atomic E-state index is 0.279. The Bertz CT molecular complexity index is 1220. The fourth-order valence-corrected chi connectivity index (χ4v) is 3.47. The number of halogens is 3. The van der Waals surface area contributed by atoms with Gasteiger partial charge in [0.15, 0.2) is 0 Å². The van der Waals surface area contributed by atoms with Crippen LogP contribution in [-0.4, -0.2) is 37.4 Å². The summed E-state index contributed by atoms with van der Waals surface area (Å²) in [5.41, 5.74) is 7.79. The Labute approximate surface area is 207 Å². The van der Waals surface area contributed by atoms with Gasteiger partial charge in [0.1, 0.15) is 0 Å². The first kappa shape index (κ1) is 26.5. The van der Waals surface area contributed by atoms with E-state index >= 15 is 0 Å². The van der Waals surface area contributed by atoms with Gasteiger partial charge in [0.2, 0.25) is 11.8 Å². The largest absolute Gasteiger partial charge is 0.416 e. The predicted octanol–water partition coefficient (Wildman–Crippen LogP) is 5.22. The van der Waals surface area contributed by atoms with Crippen molar-refractivity contribution in [1.82, 2.24) is 4.90 Å². The summed E-state index contributed by atoms with van der Waals surface area (Å²) in [4.78, 5) is 27.0. The highest BCUT2D eigenvalue weighted by molar-refractivity contribution is 6.03. The zero-order chi connectivity index (χ0) is 26.3. The fraction of sp³-hybridized carbons (Fsp3) is 0.185. The molecule has 0 aliphatic carbocycles. The molecule has 1 unspecified atom stereocenters. The van der Waals surface area contributed by atoms with E-state index < -0.39 is 17.7 Å². The molecule has 0 spiro atoms. The number of para-hydroxylation sites is 2. The summed E-state index contributed by atoms with van der Waals surface area (Å²) >= 11 is 0. The number of hydrogen-bond acceptors (Lipinski definition) is 4. The Hall–Kier alpha value is -4.11. The number of nitrogens with two attached hydrogens (primary N) is 1. The number of alkyl halides is 3. The molecule has 0 saturated carbocycles. The van der Waals surface area contributed by atoms with Gasteiger partial charge in [-0.15, -0.1) is 0 Å². The number of nitrogens with one attached hydrogen (secondary N) is 2. The van der Waals surface area contributed by atoms with E-state index in [1.165, 1.54) is 18.2 Å². The maximum absolute atomic E-state index is 13.0. The van der Waals surface area contributed by atoms with Gasteiger partial charge in [-0.3, -0.25) is 9.59 Å². The average molecular weight is 497 g/mol. The van der Waals surface area contributed by atoms with Gasteiger partial charge in [0, 0.05) is 18.3 Å². The summed E-state index contributed by atoms with van der Waals surface area (Å²) in [7, 11) is 3.65. The van der Waals surface area contributed by atoms with Crippen LogP contribution in [-0.2, 0) is 15.8 Å². The molecule has 188 valence electrons. The van der Waals surface area contributed by atoms with Crippen LogP contribution in [0.25, 0.3) is 6.08 Å². The van der Waals surface area contributed by atoms with Crippen molar-refractivity contribution >= 4 is 35.0 Å². The van der Waals surface area contributed by atoms with Gasteiger partial charge >= 0.3 is 6.18 Å². The van der Waals surface area contributed by atoms with Crippen LogP contribution in [0.2, 0.25) is 0 Å². The second kappa shape index (κ2) is 11.5. The molecule has 6 nitrogen and oxygen atoms in total. The maximum atomic E-state index is 13.0. The number of hydrogen-bond donors (Lipinski definition) is 3. The Morgan fingerprint density at radius 1 is 0.944 bits per heavy atom. The number of benzene rings is 3. The molecule has 1 atom stereocenters. The third-order valence-corrected chi connectivity index (χ3v) is 5.33. The van der Waals surface area contributed by atoms with Crippen molar-refractivity contribution in [2.75, 3.05) is 37.0 Å². The summed E-state index contributed by atoms with van der Waals surface area (Å²) in [6.07, 6.45) is -1.42. The molecule has 0 radical (unpaired) electrons. The molecule has 9 heteroatoms. The van der Waals surface area contributed by atoms with Crippen molar-refractivity contribution in [3.63, 3.8) is 0 Å². The highest BCUT2D eigenvalue weighted by Gasteiger charge is 2.30. The van der Waals surface area contributed by atoms with Crippen LogP contribution in [0.4, 0.5) is 30.2 Å². The fourth-order valence-electron chi connectivity index (χ4n) is 3.47. The summed E-state index contributed by atoms with van der Waals surface area (Å²) in [5, 5.41) is 5.41. The van der Waals surface area contributed by atoms with E-state index in [0.717, 1.165) is 23.3 Å². The molecule has 3 aromatic rings. The number of likely N-dealkylation sites (N-methyl/N-ethyl adjacent to an activating group) is 1. The van der Waals surface area contributed by atoms with Gasteiger partial charge in [-0.25, -0.2) is 0 Å². The summed E-state index contributed by atoms with van der Waals surface area (Å²) in [6.45, 7) is 0.391. The van der Waals surface area contributed by atoms with Crippen LogP contribution in [0.15, 0.2) is 78.9 Å². The average Bonchev–Trinajstić information content (AvgIpc) is 2.83. The summed E-state index contributed by atoms with van der Waals surface area (Å²) in [5.74, 6) is -1.24. The van der Waals surface area contributed by atoms with Crippen LogP contribution in [0.3, 0.4) is 0 Å². The maximum Gasteiger partial charge on any atom is 0.416 e. The molecule has 0 bridgehead atoms.